The van der Waals surface area contributed by atoms with Crippen LogP contribution in [0.25, 0.3) is 10.8 Å². The summed E-state index contributed by atoms with van der Waals surface area (Å²) in [6.07, 6.45) is 15.0. The van der Waals surface area contributed by atoms with Crippen molar-refractivity contribution in [1.29, 1.82) is 0 Å². The Morgan fingerprint density at radius 2 is 1.54 bits per heavy atom. The van der Waals surface area contributed by atoms with Crippen LogP contribution in [-0.2, 0) is 6.42 Å². The SMILES string of the molecule is CCCCc1ccc(C2CCC(c3cc4ccc(OCC5CCC(CCC)CC5)c(F)c4c(=O)o3)CC2)cc1. The molecule has 2 aliphatic rings. The Bertz CT molecular complexity index is 1260. The van der Waals surface area contributed by atoms with Gasteiger partial charge < -0.3 is 9.15 Å². The standard InChI is InChI=1S/C35H45FO3/c1-3-5-7-25-12-14-27(15-13-25)28-16-18-29(19-17-28)32-22-30-20-21-31(34(36)33(30)35(37)39-32)38-23-26-10-8-24(6-4-2)9-11-26/h12-15,20-22,24,26,28-29H,3-11,16-19,23H2,1-2H3. The fourth-order valence-electron chi connectivity index (χ4n) is 6.90. The molecule has 210 valence electrons. The van der Waals surface area contributed by atoms with Crippen molar-refractivity contribution in [2.75, 3.05) is 6.61 Å². The normalized spacial score (nSPS) is 23.7. The summed E-state index contributed by atoms with van der Waals surface area (Å²) in [6, 6.07) is 14.5. The molecule has 0 amide bonds. The number of unbranched alkanes of at least 4 members (excludes halogenated alkanes) is 1. The van der Waals surface area contributed by atoms with E-state index in [0.29, 0.717) is 29.6 Å². The highest BCUT2D eigenvalue weighted by atomic mass is 19.1. The minimum absolute atomic E-state index is 0.0137. The van der Waals surface area contributed by atoms with Gasteiger partial charge in [-0.15, -0.1) is 0 Å². The van der Waals surface area contributed by atoms with Crippen molar-refractivity contribution in [3.05, 3.63) is 75.6 Å². The van der Waals surface area contributed by atoms with E-state index in [1.54, 1.807) is 6.07 Å². The summed E-state index contributed by atoms with van der Waals surface area (Å²) in [4.78, 5) is 12.9. The molecule has 2 aromatic carbocycles. The predicted molar refractivity (Wildman–Crippen MR) is 157 cm³/mol. The lowest BCUT2D eigenvalue weighted by Crippen LogP contribution is -2.20. The van der Waals surface area contributed by atoms with Crippen LogP contribution in [0.5, 0.6) is 5.75 Å². The van der Waals surface area contributed by atoms with Gasteiger partial charge in [0, 0.05) is 5.92 Å². The molecule has 2 saturated carbocycles. The molecule has 1 heterocycles. The van der Waals surface area contributed by atoms with Gasteiger partial charge in [0.15, 0.2) is 11.6 Å². The number of hydrogen-bond acceptors (Lipinski definition) is 3. The molecule has 4 heteroatoms. The first kappa shape index (κ1) is 27.9. The summed E-state index contributed by atoms with van der Waals surface area (Å²) in [6.45, 7) is 4.99. The van der Waals surface area contributed by atoms with E-state index in [2.05, 4.69) is 38.1 Å². The molecular weight excluding hydrogens is 487 g/mol. The molecule has 0 saturated heterocycles. The van der Waals surface area contributed by atoms with Gasteiger partial charge in [-0.2, -0.15) is 0 Å². The van der Waals surface area contributed by atoms with Gasteiger partial charge in [0.2, 0.25) is 0 Å². The van der Waals surface area contributed by atoms with E-state index in [1.165, 1.54) is 49.7 Å². The second-order valence-corrected chi connectivity index (χ2v) is 12.2. The van der Waals surface area contributed by atoms with Crippen molar-refractivity contribution < 1.29 is 13.5 Å². The van der Waals surface area contributed by atoms with E-state index in [-0.39, 0.29) is 17.1 Å². The molecular formula is C35H45FO3. The van der Waals surface area contributed by atoms with Crippen LogP contribution in [0, 0.1) is 17.7 Å². The zero-order valence-electron chi connectivity index (χ0n) is 23.9. The van der Waals surface area contributed by atoms with E-state index < -0.39 is 11.4 Å². The first-order chi connectivity index (χ1) is 19.1. The number of aryl methyl sites for hydroxylation is 1. The molecule has 39 heavy (non-hydrogen) atoms. The minimum Gasteiger partial charge on any atom is -0.490 e. The molecule has 0 atom stereocenters. The Kier molecular flexibility index (Phi) is 9.42. The van der Waals surface area contributed by atoms with Gasteiger partial charge in [-0.25, -0.2) is 9.18 Å². The lowest BCUT2D eigenvalue weighted by atomic mass is 9.77. The van der Waals surface area contributed by atoms with Crippen molar-refractivity contribution in [1.82, 2.24) is 0 Å². The van der Waals surface area contributed by atoms with E-state index >= 15 is 4.39 Å². The number of halogens is 1. The first-order valence-corrected chi connectivity index (χ1v) is 15.5. The molecule has 5 rings (SSSR count). The summed E-state index contributed by atoms with van der Waals surface area (Å²) < 4.78 is 27.0. The molecule has 0 N–H and O–H groups in total. The van der Waals surface area contributed by atoms with Gasteiger partial charge in [-0.1, -0.05) is 76.3 Å². The molecule has 0 aliphatic heterocycles. The van der Waals surface area contributed by atoms with Crippen LogP contribution < -0.4 is 10.4 Å². The maximum Gasteiger partial charge on any atom is 0.346 e. The molecule has 2 aliphatic carbocycles. The first-order valence-electron chi connectivity index (χ1n) is 15.5. The van der Waals surface area contributed by atoms with Crippen molar-refractivity contribution >= 4 is 10.8 Å². The summed E-state index contributed by atoms with van der Waals surface area (Å²) >= 11 is 0. The third-order valence-corrected chi connectivity index (χ3v) is 9.39. The quantitative estimate of drug-likeness (QED) is 0.261. The number of rotatable bonds is 10. The summed E-state index contributed by atoms with van der Waals surface area (Å²) in [5, 5.41) is 0.621. The highest BCUT2D eigenvalue weighted by molar-refractivity contribution is 5.83. The van der Waals surface area contributed by atoms with Crippen LogP contribution in [0.2, 0.25) is 0 Å². The fourth-order valence-corrected chi connectivity index (χ4v) is 6.90. The Morgan fingerprint density at radius 3 is 2.23 bits per heavy atom. The van der Waals surface area contributed by atoms with Crippen molar-refractivity contribution in [3.63, 3.8) is 0 Å². The van der Waals surface area contributed by atoms with E-state index in [0.717, 1.165) is 50.9 Å². The molecule has 0 radical (unpaired) electrons. The Balaban J connectivity index is 1.20. The minimum atomic E-state index is -0.588. The van der Waals surface area contributed by atoms with E-state index in [9.17, 15) is 4.79 Å². The molecule has 2 fully saturated rings. The second kappa shape index (κ2) is 13.2. The van der Waals surface area contributed by atoms with Gasteiger partial charge in [0.25, 0.3) is 0 Å². The third-order valence-electron chi connectivity index (χ3n) is 9.39. The smallest absolute Gasteiger partial charge is 0.346 e. The lowest BCUT2D eigenvalue weighted by molar-refractivity contribution is 0.175. The lowest BCUT2D eigenvalue weighted by Gasteiger charge is -2.28. The molecule has 0 spiro atoms. The maximum absolute atomic E-state index is 15.4. The van der Waals surface area contributed by atoms with Crippen molar-refractivity contribution in [2.24, 2.45) is 11.8 Å². The molecule has 3 aromatic rings. The van der Waals surface area contributed by atoms with Gasteiger partial charge in [0.05, 0.1) is 6.61 Å². The Labute approximate surface area is 233 Å². The summed E-state index contributed by atoms with van der Waals surface area (Å²) in [5.41, 5.74) is 2.25. The van der Waals surface area contributed by atoms with Crippen molar-refractivity contribution in [3.8, 4) is 5.75 Å². The molecule has 0 unspecified atom stereocenters. The molecule has 0 bridgehead atoms. The Morgan fingerprint density at radius 1 is 0.846 bits per heavy atom. The van der Waals surface area contributed by atoms with Crippen LogP contribution in [-0.4, -0.2) is 6.61 Å². The maximum atomic E-state index is 15.4. The van der Waals surface area contributed by atoms with Crippen LogP contribution in [0.1, 0.15) is 120 Å². The van der Waals surface area contributed by atoms with Gasteiger partial charge in [-0.05, 0) is 97.8 Å². The third kappa shape index (κ3) is 6.76. The van der Waals surface area contributed by atoms with Gasteiger partial charge >= 0.3 is 5.63 Å². The van der Waals surface area contributed by atoms with Crippen LogP contribution in [0.4, 0.5) is 4.39 Å². The molecule has 1 aromatic heterocycles. The van der Waals surface area contributed by atoms with Gasteiger partial charge in [0.1, 0.15) is 11.1 Å². The Hall–Kier alpha value is -2.62. The second-order valence-electron chi connectivity index (χ2n) is 12.2. The zero-order valence-corrected chi connectivity index (χ0v) is 23.9. The number of hydrogen-bond donors (Lipinski definition) is 0. The zero-order chi connectivity index (χ0) is 27.2. The van der Waals surface area contributed by atoms with Crippen LogP contribution >= 0.6 is 0 Å². The van der Waals surface area contributed by atoms with E-state index in [4.69, 9.17) is 9.15 Å². The largest absolute Gasteiger partial charge is 0.490 e. The average molecular weight is 533 g/mol. The average Bonchev–Trinajstić information content (AvgIpc) is 2.97. The number of ether oxygens (including phenoxy) is 1. The molecule has 3 nitrogen and oxygen atoms in total. The summed E-state index contributed by atoms with van der Waals surface area (Å²) in [5.74, 6) is 2.31. The van der Waals surface area contributed by atoms with Crippen LogP contribution in [0.15, 0.2) is 51.7 Å². The fraction of sp³-hybridized carbons (Fsp3) is 0.571. The number of benzene rings is 2. The van der Waals surface area contributed by atoms with Gasteiger partial charge in [-0.3, -0.25) is 0 Å². The predicted octanol–water partition coefficient (Wildman–Crippen LogP) is 9.70. The van der Waals surface area contributed by atoms with Crippen molar-refractivity contribution in [2.45, 2.75) is 109 Å². The van der Waals surface area contributed by atoms with E-state index in [1.807, 2.05) is 12.1 Å². The monoisotopic (exact) mass is 532 g/mol. The highest BCUT2D eigenvalue weighted by Gasteiger charge is 2.27. The topological polar surface area (TPSA) is 39.4 Å². The highest BCUT2D eigenvalue weighted by Crippen LogP contribution is 2.41. The van der Waals surface area contributed by atoms with Crippen LogP contribution in [0.3, 0.4) is 0 Å². The summed E-state index contributed by atoms with van der Waals surface area (Å²) in [7, 11) is 0. The number of fused-ring (bicyclic) bond motifs is 1.